The maximum absolute atomic E-state index is 5.89. The van der Waals surface area contributed by atoms with Crippen molar-refractivity contribution in [1.29, 1.82) is 0 Å². The Balaban J connectivity index is 3.55. The number of hydrogen-bond acceptors (Lipinski definition) is 1. The van der Waals surface area contributed by atoms with Crippen LogP contribution in [0.5, 0.6) is 0 Å². The first-order valence-corrected chi connectivity index (χ1v) is 5.97. The third kappa shape index (κ3) is 8.55. The zero-order chi connectivity index (χ0) is 11.2. The van der Waals surface area contributed by atoms with E-state index >= 15 is 0 Å². The van der Waals surface area contributed by atoms with Gasteiger partial charge in [-0.3, -0.25) is 0 Å². The van der Waals surface area contributed by atoms with Gasteiger partial charge in [0.1, 0.15) is 0 Å². The Kier molecular flexibility index (Phi) is 6.43. The summed E-state index contributed by atoms with van der Waals surface area (Å²) in [6, 6.07) is 0. The molecule has 0 aromatic carbocycles. The van der Waals surface area contributed by atoms with Crippen molar-refractivity contribution < 1.29 is 4.74 Å². The minimum absolute atomic E-state index is 0.0607. The van der Waals surface area contributed by atoms with E-state index in [4.69, 9.17) is 4.74 Å². The van der Waals surface area contributed by atoms with Gasteiger partial charge in [0.25, 0.3) is 0 Å². The third-order valence-corrected chi connectivity index (χ3v) is 2.32. The van der Waals surface area contributed by atoms with E-state index in [0.717, 1.165) is 24.9 Å². The Hall–Kier alpha value is -0.0400. The molecular weight excluding hydrogens is 172 g/mol. The van der Waals surface area contributed by atoms with Crippen molar-refractivity contribution in [3.05, 3.63) is 0 Å². The van der Waals surface area contributed by atoms with Crippen LogP contribution in [0.1, 0.15) is 60.8 Å². The van der Waals surface area contributed by atoms with Crippen LogP contribution in [-0.2, 0) is 4.74 Å². The molecule has 86 valence electrons. The van der Waals surface area contributed by atoms with Crippen LogP contribution in [0.15, 0.2) is 0 Å². The van der Waals surface area contributed by atoms with Crippen molar-refractivity contribution in [1.82, 2.24) is 0 Å². The lowest BCUT2D eigenvalue weighted by Crippen LogP contribution is -2.27. The third-order valence-electron chi connectivity index (χ3n) is 2.32. The molecule has 1 heteroatoms. The van der Waals surface area contributed by atoms with E-state index < -0.39 is 0 Å². The standard InChI is InChI=1S/C13H28O/c1-11(2)8-7-9-14-13(5,6)10-12(3)4/h11-12H,7-10H2,1-6H3. The van der Waals surface area contributed by atoms with E-state index in [2.05, 4.69) is 41.5 Å². The largest absolute Gasteiger partial charge is 0.376 e. The Morgan fingerprint density at radius 1 is 1.00 bits per heavy atom. The highest BCUT2D eigenvalue weighted by molar-refractivity contribution is 4.70. The highest BCUT2D eigenvalue weighted by Gasteiger charge is 2.19. The maximum Gasteiger partial charge on any atom is 0.0628 e. The van der Waals surface area contributed by atoms with Gasteiger partial charge in [-0.1, -0.05) is 27.7 Å². The molecule has 1 nitrogen and oxygen atoms in total. The molecule has 0 amide bonds. The fourth-order valence-electron chi connectivity index (χ4n) is 1.88. The average molecular weight is 200 g/mol. The molecule has 0 aliphatic heterocycles. The molecule has 0 aliphatic rings. The molecule has 0 aromatic heterocycles. The van der Waals surface area contributed by atoms with Crippen molar-refractivity contribution in [2.45, 2.75) is 66.4 Å². The Morgan fingerprint density at radius 2 is 1.57 bits per heavy atom. The lowest BCUT2D eigenvalue weighted by atomic mass is 9.96. The van der Waals surface area contributed by atoms with E-state index in [0.29, 0.717) is 0 Å². The van der Waals surface area contributed by atoms with Crippen molar-refractivity contribution >= 4 is 0 Å². The molecule has 14 heavy (non-hydrogen) atoms. The lowest BCUT2D eigenvalue weighted by Gasteiger charge is -2.27. The second-order valence-electron chi connectivity index (χ2n) is 5.74. The van der Waals surface area contributed by atoms with E-state index in [9.17, 15) is 0 Å². The summed E-state index contributed by atoms with van der Waals surface area (Å²) in [5.41, 5.74) is 0.0607. The van der Waals surface area contributed by atoms with Crippen molar-refractivity contribution in [2.75, 3.05) is 6.61 Å². The highest BCUT2D eigenvalue weighted by Crippen LogP contribution is 2.20. The van der Waals surface area contributed by atoms with Crippen molar-refractivity contribution in [3.8, 4) is 0 Å². The summed E-state index contributed by atoms with van der Waals surface area (Å²) in [6.45, 7) is 14.3. The van der Waals surface area contributed by atoms with Gasteiger partial charge in [0, 0.05) is 6.61 Å². The van der Waals surface area contributed by atoms with Gasteiger partial charge in [-0.2, -0.15) is 0 Å². The summed E-state index contributed by atoms with van der Waals surface area (Å²) < 4.78 is 5.89. The van der Waals surface area contributed by atoms with E-state index in [1.54, 1.807) is 0 Å². The van der Waals surface area contributed by atoms with Crippen molar-refractivity contribution in [3.63, 3.8) is 0 Å². The van der Waals surface area contributed by atoms with Crippen LogP contribution in [-0.4, -0.2) is 12.2 Å². The predicted octanol–water partition coefficient (Wildman–Crippen LogP) is 4.26. The molecule has 0 spiro atoms. The Morgan fingerprint density at radius 3 is 2.00 bits per heavy atom. The Bertz CT molecular complexity index is 136. The normalized spacial score (nSPS) is 12.9. The molecule has 0 atom stereocenters. The molecule has 0 bridgehead atoms. The molecule has 0 aromatic rings. The van der Waals surface area contributed by atoms with Gasteiger partial charge in [0.15, 0.2) is 0 Å². The van der Waals surface area contributed by atoms with Crippen LogP contribution in [0.4, 0.5) is 0 Å². The van der Waals surface area contributed by atoms with E-state index in [1.807, 2.05) is 0 Å². The molecule has 0 heterocycles. The fraction of sp³-hybridized carbons (Fsp3) is 1.00. The molecule has 0 N–H and O–H groups in total. The number of hydrogen-bond donors (Lipinski definition) is 0. The molecule has 0 fully saturated rings. The van der Waals surface area contributed by atoms with E-state index in [1.165, 1.54) is 12.8 Å². The van der Waals surface area contributed by atoms with Gasteiger partial charge in [-0.15, -0.1) is 0 Å². The van der Waals surface area contributed by atoms with Gasteiger partial charge < -0.3 is 4.74 Å². The first-order valence-electron chi connectivity index (χ1n) is 5.97. The van der Waals surface area contributed by atoms with Gasteiger partial charge >= 0.3 is 0 Å². The quantitative estimate of drug-likeness (QED) is 0.558. The summed E-state index contributed by atoms with van der Waals surface area (Å²) in [4.78, 5) is 0. The van der Waals surface area contributed by atoms with Crippen LogP contribution < -0.4 is 0 Å². The average Bonchev–Trinajstić information content (AvgIpc) is 1.95. The monoisotopic (exact) mass is 200 g/mol. The van der Waals surface area contributed by atoms with Crippen LogP contribution >= 0.6 is 0 Å². The number of ether oxygens (including phenoxy) is 1. The summed E-state index contributed by atoms with van der Waals surface area (Å²) in [5, 5.41) is 0. The first-order chi connectivity index (χ1) is 6.33. The van der Waals surface area contributed by atoms with Gasteiger partial charge in [-0.05, 0) is 44.9 Å². The van der Waals surface area contributed by atoms with Gasteiger partial charge in [0.05, 0.1) is 5.60 Å². The van der Waals surface area contributed by atoms with Crippen LogP contribution in [0.3, 0.4) is 0 Å². The second kappa shape index (κ2) is 6.44. The fourth-order valence-corrected chi connectivity index (χ4v) is 1.88. The molecule has 0 aliphatic carbocycles. The summed E-state index contributed by atoms with van der Waals surface area (Å²) >= 11 is 0. The first kappa shape index (κ1) is 14.0. The van der Waals surface area contributed by atoms with Gasteiger partial charge in [-0.25, -0.2) is 0 Å². The maximum atomic E-state index is 5.89. The summed E-state index contributed by atoms with van der Waals surface area (Å²) in [6.07, 6.45) is 3.62. The second-order valence-corrected chi connectivity index (χ2v) is 5.74. The molecule has 0 rings (SSSR count). The molecule has 0 saturated heterocycles. The minimum atomic E-state index is 0.0607. The van der Waals surface area contributed by atoms with Crippen molar-refractivity contribution in [2.24, 2.45) is 11.8 Å². The molecule has 0 unspecified atom stereocenters. The zero-order valence-corrected chi connectivity index (χ0v) is 10.9. The zero-order valence-electron chi connectivity index (χ0n) is 10.9. The SMILES string of the molecule is CC(C)CCCOC(C)(C)CC(C)C. The van der Waals surface area contributed by atoms with E-state index in [-0.39, 0.29) is 5.60 Å². The Labute approximate surface area is 90.2 Å². The van der Waals surface area contributed by atoms with Crippen LogP contribution in [0.25, 0.3) is 0 Å². The lowest BCUT2D eigenvalue weighted by molar-refractivity contribution is -0.0334. The minimum Gasteiger partial charge on any atom is -0.376 e. The summed E-state index contributed by atoms with van der Waals surface area (Å²) in [7, 11) is 0. The van der Waals surface area contributed by atoms with Crippen LogP contribution in [0.2, 0.25) is 0 Å². The topological polar surface area (TPSA) is 9.23 Å². The summed E-state index contributed by atoms with van der Waals surface area (Å²) in [5.74, 6) is 1.52. The molecular formula is C13H28O. The smallest absolute Gasteiger partial charge is 0.0628 e. The highest BCUT2D eigenvalue weighted by atomic mass is 16.5. The number of rotatable bonds is 7. The predicted molar refractivity (Wildman–Crippen MR) is 63.6 cm³/mol. The van der Waals surface area contributed by atoms with Gasteiger partial charge in [0.2, 0.25) is 0 Å². The van der Waals surface area contributed by atoms with Crippen LogP contribution in [0, 0.1) is 11.8 Å². The molecule has 0 radical (unpaired) electrons. The molecule has 0 saturated carbocycles.